The van der Waals surface area contributed by atoms with Crippen LogP contribution in [0.5, 0.6) is 0 Å². The van der Waals surface area contributed by atoms with Crippen LogP contribution >= 0.6 is 11.6 Å². The number of nitrogens with zero attached hydrogens (tertiary/aromatic N) is 1. The first-order chi connectivity index (χ1) is 6.61. The summed E-state index contributed by atoms with van der Waals surface area (Å²) in [5.41, 5.74) is 5.89. The summed E-state index contributed by atoms with van der Waals surface area (Å²) in [6.07, 6.45) is 3.03. The predicted octanol–water partition coefficient (Wildman–Crippen LogP) is 1.96. The Labute approximate surface area is 87.3 Å². The van der Waals surface area contributed by atoms with E-state index in [1.165, 1.54) is 6.20 Å². The van der Waals surface area contributed by atoms with Gasteiger partial charge in [-0.1, -0.05) is 23.4 Å². The molecule has 4 heteroatoms. The number of hydrogen-bond donors (Lipinski definition) is 1. The fraction of sp³-hybridized carbons (Fsp3) is 0.300. The lowest BCUT2D eigenvalue weighted by Gasteiger charge is -1.96. The lowest BCUT2D eigenvalue weighted by Crippen LogP contribution is -2.12. The summed E-state index contributed by atoms with van der Waals surface area (Å²) in [5.74, 6) is 4.97. The largest absolute Gasteiger partial charge is 0.327 e. The summed E-state index contributed by atoms with van der Waals surface area (Å²) < 4.78 is 12.9. The van der Waals surface area contributed by atoms with Crippen LogP contribution < -0.4 is 5.73 Å². The Bertz CT molecular complexity index is 379. The average molecular weight is 213 g/mol. The zero-order valence-corrected chi connectivity index (χ0v) is 8.48. The van der Waals surface area contributed by atoms with E-state index in [2.05, 4.69) is 16.8 Å². The normalized spacial score (nSPS) is 11.7. The van der Waals surface area contributed by atoms with Gasteiger partial charge >= 0.3 is 0 Å². The van der Waals surface area contributed by atoms with Crippen LogP contribution in [0.2, 0.25) is 5.02 Å². The van der Waals surface area contributed by atoms with E-state index in [0.717, 1.165) is 6.20 Å². The second kappa shape index (κ2) is 4.94. The summed E-state index contributed by atoms with van der Waals surface area (Å²) in [7, 11) is 0. The summed E-state index contributed by atoms with van der Waals surface area (Å²) >= 11 is 5.66. The molecule has 0 aliphatic carbocycles. The van der Waals surface area contributed by atoms with Gasteiger partial charge in [0, 0.05) is 18.7 Å². The maximum atomic E-state index is 12.9. The van der Waals surface area contributed by atoms with Crippen LogP contribution in [-0.2, 0) is 0 Å². The van der Waals surface area contributed by atoms with E-state index in [1.807, 2.05) is 6.92 Å². The summed E-state index contributed by atoms with van der Waals surface area (Å²) in [4.78, 5) is 3.65. The molecule has 1 aromatic heterocycles. The zero-order chi connectivity index (χ0) is 10.6. The molecule has 1 aromatic rings. The highest BCUT2D eigenvalue weighted by atomic mass is 35.5. The molecule has 1 atom stereocenters. The molecule has 0 spiro atoms. The third kappa shape index (κ3) is 2.99. The first-order valence-electron chi connectivity index (χ1n) is 4.14. The first-order valence-corrected chi connectivity index (χ1v) is 4.52. The summed E-state index contributed by atoms with van der Waals surface area (Å²) in [6, 6.07) is 0.00259. The maximum Gasteiger partial charge on any atom is 0.161 e. The molecule has 74 valence electrons. The Morgan fingerprint density at radius 3 is 3.00 bits per heavy atom. The van der Waals surface area contributed by atoms with E-state index >= 15 is 0 Å². The van der Waals surface area contributed by atoms with Crippen molar-refractivity contribution >= 4 is 11.6 Å². The third-order valence-electron chi connectivity index (χ3n) is 1.48. The van der Waals surface area contributed by atoms with Gasteiger partial charge in [0.1, 0.15) is 0 Å². The fourth-order valence-corrected chi connectivity index (χ4v) is 0.958. The second-order valence-corrected chi connectivity index (χ2v) is 3.34. The molecule has 1 heterocycles. The van der Waals surface area contributed by atoms with Crippen molar-refractivity contribution in [1.29, 1.82) is 0 Å². The van der Waals surface area contributed by atoms with Crippen LogP contribution in [0.1, 0.15) is 18.9 Å². The molecule has 0 amide bonds. The van der Waals surface area contributed by atoms with Gasteiger partial charge in [0.25, 0.3) is 0 Å². The van der Waals surface area contributed by atoms with Gasteiger partial charge < -0.3 is 5.73 Å². The average Bonchev–Trinajstić information content (AvgIpc) is 2.12. The van der Waals surface area contributed by atoms with Crippen molar-refractivity contribution in [3.05, 3.63) is 28.8 Å². The molecule has 0 fully saturated rings. The van der Waals surface area contributed by atoms with Gasteiger partial charge in [-0.2, -0.15) is 0 Å². The van der Waals surface area contributed by atoms with E-state index < -0.39 is 5.82 Å². The van der Waals surface area contributed by atoms with Crippen molar-refractivity contribution in [2.45, 2.75) is 19.4 Å². The van der Waals surface area contributed by atoms with Crippen molar-refractivity contribution in [3.8, 4) is 11.8 Å². The van der Waals surface area contributed by atoms with Crippen molar-refractivity contribution in [2.75, 3.05) is 0 Å². The smallest absolute Gasteiger partial charge is 0.161 e. The van der Waals surface area contributed by atoms with Crippen LogP contribution in [0.4, 0.5) is 4.39 Å². The minimum absolute atomic E-state index is 0.00259. The maximum absolute atomic E-state index is 12.9. The number of hydrogen-bond acceptors (Lipinski definition) is 2. The zero-order valence-electron chi connectivity index (χ0n) is 7.72. The highest BCUT2D eigenvalue weighted by Crippen LogP contribution is 2.16. The van der Waals surface area contributed by atoms with Crippen LogP contribution in [0, 0.1) is 17.7 Å². The topological polar surface area (TPSA) is 38.9 Å². The fourth-order valence-electron chi connectivity index (χ4n) is 0.814. The summed E-state index contributed by atoms with van der Waals surface area (Å²) in [6.45, 7) is 1.85. The Kier molecular flexibility index (Phi) is 3.87. The molecule has 0 saturated carbocycles. The monoisotopic (exact) mass is 212 g/mol. The minimum atomic E-state index is -0.556. The number of pyridine rings is 1. The van der Waals surface area contributed by atoms with Crippen LogP contribution in [0.15, 0.2) is 12.4 Å². The van der Waals surface area contributed by atoms with Crippen LogP contribution in [-0.4, -0.2) is 11.0 Å². The minimum Gasteiger partial charge on any atom is -0.327 e. The van der Waals surface area contributed by atoms with Gasteiger partial charge in [-0.25, -0.2) is 4.39 Å². The van der Waals surface area contributed by atoms with Crippen molar-refractivity contribution in [2.24, 2.45) is 5.73 Å². The molecular formula is C10H10ClFN2. The molecule has 0 bridgehead atoms. The first kappa shape index (κ1) is 11.0. The lowest BCUT2D eigenvalue weighted by atomic mass is 10.2. The van der Waals surface area contributed by atoms with Crippen LogP contribution in [0.25, 0.3) is 0 Å². The van der Waals surface area contributed by atoms with Gasteiger partial charge in [-0.15, -0.1) is 0 Å². The van der Waals surface area contributed by atoms with Gasteiger partial charge in [0.15, 0.2) is 5.82 Å². The molecule has 0 saturated heterocycles. The third-order valence-corrected chi connectivity index (χ3v) is 1.87. The van der Waals surface area contributed by atoms with Gasteiger partial charge in [-0.05, 0) is 6.92 Å². The Morgan fingerprint density at radius 2 is 2.36 bits per heavy atom. The van der Waals surface area contributed by atoms with Crippen molar-refractivity contribution < 1.29 is 4.39 Å². The number of aromatic nitrogens is 1. The van der Waals surface area contributed by atoms with E-state index in [9.17, 15) is 4.39 Å². The second-order valence-electron chi connectivity index (χ2n) is 2.97. The molecule has 14 heavy (non-hydrogen) atoms. The van der Waals surface area contributed by atoms with E-state index in [1.54, 1.807) is 0 Å². The highest BCUT2D eigenvalue weighted by Gasteiger charge is 2.03. The molecule has 0 aromatic carbocycles. The highest BCUT2D eigenvalue weighted by molar-refractivity contribution is 6.31. The number of rotatable bonds is 1. The number of nitrogens with two attached hydrogens (primary N) is 1. The molecule has 0 unspecified atom stereocenters. The van der Waals surface area contributed by atoms with E-state index in [4.69, 9.17) is 17.3 Å². The SMILES string of the molecule is C[C@H](N)CC#Cc1cncc(F)c1Cl. The molecule has 0 aliphatic rings. The van der Waals surface area contributed by atoms with Crippen LogP contribution in [0.3, 0.4) is 0 Å². The quantitative estimate of drug-likeness (QED) is 0.723. The molecule has 1 rings (SSSR count). The van der Waals surface area contributed by atoms with Gasteiger partial charge in [-0.3, -0.25) is 4.98 Å². The summed E-state index contributed by atoms with van der Waals surface area (Å²) in [5, 5.41) is 0.0113. The molecule has 0 radical (unpaired) electrons. The molecule has 2 nitrogen and oxygen atoms in total. The Morgan fingerprint density at radius 1 is 1.64 bits per heavy atom. The lowest BCUT2D eigenvalue weighted by molar-refractivity contribution is 0.621. The van der Waals surface area contributed by atoms with Gasteiger partial charge in [0.05, 0.1) is 16.8 Å². The standard InChI is InChI=1S/C10H10ClFN2/c1-7(13)3-2-4-8-5-14-6-9(12)10(8)11/h5-7H,3,13H2,1H3/t7-/m0/s1. The molecule has 0 aliphatic heterocycles. The predicted molar refractivity (Wildman–Crippen MR) is 54.3 cm³/mol. The van der Waals surface area contributed by atoms with Crippen molar-refractivity contribution in [1.82, 2.24) is 4.98 Å². The molecule has 2 N–H and O–H groups in total. The number of halogens is 2. The Balaban J connectivity index is 2.85. The van der Waals surface area contributed by atoms with E-state index in [-0.39, 0.29) is 11.1 Å². The molecular weight excluding hydrogens is 203 g/mol. The Hall–Kier alpha value is -1.11. The van der Waals surface area contributed by atoms with Gasteiger partial charge in [0.2, 0.25) is 0 Å². The van der Waals surface area contributed by atoms with E-state index in [0.29, 0.717) is 12.0 Å². The van der Waals surface area contributed by atoms with Crippen molar-refractivity contribution in [3.63, 3.8) is 0 Å².